The van der Waals surface area contributed by atoms with Gasteiger partial charge in [-0.2, -0.15) is 0 Å². The summed E-state index contributed by atoms with van der Waals surface area (Å²) >= 11 is 0. The Balaban J connectivity index is 0.000000256. The summed E-state index contributed by atoms with van der Waals surface area (Å²) in [6.07, 6.45) is 10.5. The molecule has 0 radical (unpaired) electrons. The molecule has 17 nitrogen and oxygen atoms in total. The molecule has 3 aliphatic carbocycles. The molecule has 17 heteroatoms. The van der Waals surface area contributed by atoms with Crippen molar-refractivity contribution in [2.24, 2.45) is 46.3 Å². The molecule has 0 bridgehead atoms. The van der Waals surface area contributed by atoms with Crippen LogP contribution in [0.2, 0.25) is 0 Å². The standard InChI is InChI=1S/C37H64N2O6.C36H63N3O6/c1-32(2)16-26(17-33(3,4)22-32)43-29(40)23-13-24(30(41)44-27-18-34(5,6)38-35(7,8)19-27)15-25(14-23)31(42)45-28-20-36(9,10)39-37(11,12)21-28;1-31(2)16-23(17-32(3,4)37-31)43-28(40)22-13-14-26(29(41)44-24-18-33(5,6)38-34(7,8)19-24)27(15-22)30(42)45-25-20-35(9,10)39-36(11,12)21-25/h23-28,38-39H,13-22H2,1-12H3;22-27,37-39H,13-21H2,1-12H3. The SMILES string of the molecule is CC1(C)CC(OC(=O)C2CC(C(=O)OC3CC(C)(C)NC(C)(C)C3)CC(C(=O)OC3CC(C)(C)NC(C)(C)C3)C2)CC(C)(C)C1.CC1(C)CC(OC(=O)C2CCC(C(=O)OC3CC(C)(C)NC(C)(C)C3)C(C(=O)OC3CC(C)(C)NC(C)(C)C3)C2)CC(C)(C)N1. The quantitative estimate of drug-likeness (QED) is 0.0906. The molecule has 0 spiro atoms. The van der Waals surface area contributed by atoms with Gasteiger partial charge >= 0.3 is 35.8 Å². The minimum absolute atomic E-state index is 0.0742. The lowest BCUT2D eigenvalue weighted by Crippen LogP contribution is -2.60. The van der Waals surface area contributed by atoms with Gasteiger partial charge in [-0.25, -0.2) is 0 Å². The van der Waals surface area contributed by atoms with Crippen molar-refractivity contribution in [1.29, 1.82) is 0 Å². The van der Waals surface area contributed by atoms with E-state index in [1.54, 1.807) is 0 Å². The average molecular weight is 1270 g/mol. The molecule has 0 aromatic heterocycles. The molecule has 5 atom stereocenters. The second kappa shape index (κ2) is 26.3. The third-order valence-electron chi connectivity index (χ3n) is 20.5. The van der Waals surface area contributed by atoms with Crippen LogP contribution in [0.15, 0.2) is 0 Å². The second-order valence-corrected chi connectivity index (χ2v) is 38.3. The Labute approximate surface area is 543 Å². The van der Waals surface area contributed by atoms with Gasteiger partial charge in [0.25, 0.3) is 0 Å². The number of piperidine rings is 5. The lowest BCUT2D eigenvalue weighted by atomic mass is 9.64. The average Bonchev–Trinajstić information content (AvgIpc) is 0.835. The van der Waals surface area contributed by atoms with Crippen LogP contribution in [0.25, 0.3) is 0 Å². The van der Waals surface area contributed by atoms with E-state index in [9.17, 15) is 28.8 Å². The molecular formula is C73H127N5O12. The molecule has 516 valence electrons. The first kappa shape index (κ1) is 74.0. The van der Waals surface area contributed by atoms with Crippen molar-refractivity contribution >= 4 is 35.8 Å². The molecule has 3 saturated carbocycles. The molecular weight excluding hydrogens is 1140 g/mol. The summed E-state index contributed by atoms with van der Waals surface area (Å²) < 4.78 is 37.1. The molecule has 0 aromatic carbocycles. The van der Waals surface area contributed by atoms with Gasteiger partial charge < -0.3 is 55.0 Å². The number of nitrogens with one attached hydrogen (secondary N) is 5. The number of carbonyl (C=O) groups is 6. The number of hydrogen-bond acceptors (Lipinski definition) is 17. The van der Waals surface area contributed by atoms with Crippen molar-refractivity contribution in [1.82, 2.24) is 26.6 Å². The molecule has 5 N–H and O–H groups in total. The summed E-state index contributed by atoms with van der Waals surface area (Å²) in [6.45, 7) is 51.5. The first-order valence-electron chi connectivity index (χ1n) is 34.9. The van der Waals surface area contributed by atoms with E-state index in [2.05, 4.69) is 193 Å². The smallest absolute Gasteiger partial charge is 0.310 e. The molecule has 5 saturated heterocycles. The molecule has 0 amide bonds. The van der Waals surface area contributed by atoms with E-state index in [-0.39, 0.29) is 139 Å². The van der Waals surface area contributed by atoms with Crippen molar-refractivity contribution in [2.45, 2.75) is 380 Å². The predicted molar refractivity (Wildman–Crippen MR) is 352 cm³/mol. The van der Waals surface area contributed by atoms with Gasteiger partial charge in [0, 0.05) is 120 Å². The van der Waals surface area contributed by atoms with Crippen molar-refractivity contribution in [3.8, 4) is 0 Å². The molecule has 5 heterocycles. The molecule has 8 rings (SSSR count). The second-order valence-electron chi connectivity index (χ2n) is 38.3. The van der Waals surface area contributed by atoms with E-state index in [4.69, 9.17) is 28.4 Å². The Morgan fingerprint density at radius 2 is 0.444 bits per heavy atom. The van der Waals surface area contributed by atoms with Crippen molar-refractivity contribution in [2.75, 3.05) is 0 Å². The monoisotopic (exact) mass is 1270 g/mol. The van der Waals surface area contributed by atoms with E-state index in [1.807, 2.05) is 0 Å². The van der Waals surface area contributed by atoms with E-state index in [0.717, 1.165) is 32.1 Å². The van der Waals surface area contributed by atoms with Crippen LogP contribution in [0.3, 0.4) is 0 Å². The van der Waals surface area contributed by atoms with E-state index in [1.165, 1.54) is 0 Å². The van der Waals surface area contributed by atoms with Gasteiger partial charge in [0.05, 0.1) is 35.5 Å². The lowest BCUT2D eigenvalue weighted by molar-refractivity contribution is -0.177. The summed E-state index contributed by atoms with van der Waals surface area (Å²) in [5.74, 6) is -5.49. The zero-order valence-corrected chi connectivity index (χ0v) is 60.8. The molecule has 8 aliphatic rings. The van der Waals surface area contributed by atoms with Gasteiger partial charge in [0.1, 0.15) is 36.6 Å². The maximum atomic E-state index is 14.0. The van der Waals surface area contributed by atoms with Gasteiger partial charge in [-0.3, -0.25) is 28.8 Å². The maximum absolute atomic E-state index is 14.0. The molecule has 5 aliphatic heterocycles. The first-order chi connectivity index (χ1) is 40.7. The Bertz CT molecular complexity index is 2360. The highest BCUT2D eigenvalue weighted by atomic mass is 16.6. The summed E-state index contributed by atoms with van der Waals surface area (Å²) in [7, 11) is 0. The van der Waals surface area contributed by atoms with Crippen LogP contribution in [-0.2, 0) is 57.2 Å². The maximum Gasteiger partial charge on any atom is 0.310 e. The van der Waals surface area contributed by atoms with Gasteiger partial charge in [-0.15, -0.1) is 0 Å². The fourth-order valence-corrected chi connectivity index (χ4v) is 19.8. The molecule has 8 fully saturated rings. The number of ether oxygens (including phenoxy) is 6. The predicted octanol–water partition coefficient (Wildman–Crippen LogP) is 12.4. The fourth-order valence-electron chi connectivity index (χ4n) is 19.8. The van der Waals surface area contributed by atoms with Crippen molar-refractivity contribution in [3.63, 3.8) is 0 Å². The van der Waals surface area contributed by atoms with Crippen LogP contribution >= 0.6 is 0 Å². The van der Waals surface area contributed by atoms with Gasteiger partial charge in [0.2, 0.25) is 0 Å². The zero-order valence-electron chi connectivity index (χ0n) is 60.8. The Morgan fingerprint density at radius 1 is 0.244 bits per heavy atom. The third-order valence-corrected chi connectivity index (χ3v) is 20.5. The van der Waals surface area contributed by atoms with Gasteiger partial charge in [-0.05, 0) is 207 Å². The fraction of sp³-hybridized carbons (Fsp3) is 0.918. The minimum atomic E-state index is -0.756. The topological polar surface area (TPSA) is 218 Å². The summed E-state index contributed by atoms with van der Waals surface area (Å²) in [4.78, 5) is 82.9. The van der Waals surface area contributed by atoms with E-state index < -0.39 is 41.5 Å². The zero-order chi connectivity index (χ0) is 67.6. The Kier molecular flexibility index (Phi) is 21.6. The first-order valence-corrected chi connectivity index (χ1v) is 34.9. The highest BCUT2D eigenvalue weighted by Crippen LogP contribution is 2.48. The number of carbonyl (C=O) groups excluding carboxylic acids is 6. The minimum Gasteiger partial charge on any atom is -0.462 e. The third kappa shape index (κ3) is 21.6. The van der Waals surface area contributed by atoms with E-state index >= 15 is 0 Å². The van der Waals surface area contributed by atoms with Crippen LogP contribution in [0.1, 0.15) is 288 Å². The lowest BCUT2D eigenvalue weighted by Gasteiger charge is -2.47. The van der Waals surface area contributed by atoms with Crippen LogP contribution in [0.4, 0.5) is 0 Å². The Morgan fingerprint density at radius 3 is 0.689 bits per heavy atom. The number of rotatable bonds is 12. The number of esters is 6. The molecule has 5 unspecified atom stereocenters. The van der Waals surface area contributed by atoms with Crippen LogP contribution in [0.5, 0.6) is 0 Å². The highest BCUT2D eigenvalue weighted by molar-refractivity contribution is 5.84. The largest absolute Gasteiger partial charge is 0.462 e. The van der Waals surface area contributed by atoms with Gasteiger partial charge in [-0.1, -0.05) is 27.7 Å². The summed E-state index contributed by atoms with van der Waals surface area (Å²) in [5, 5.41) is 18.2. The summed E-state index contributed by atoms with van der Waals surface area (Å²) in [5.41, 5.74) is -1.61. The van der Waals surface area contributed by atoms with Gasteiger partial charge in [0.15, 0.2) is 0 Å². The molecule has 0 aromatic rings. The van der Waals surface area contributed by atoms with Crippen LogP contribution in [-0.4, -0.2) is 128 Å². The Hall–Kier alpha value is -3.38. The highest BCUT2D eigenvalue weighted by Gasteiger charge is 2.51. The van der Waals surface area contributed by atoms with Crippen molar-refractivity contribution < 1.29 is 57.2 Å². The van der Waals surface area contributed by atoms with E-state index in [0.29, 0.717) is 83.5 Å². The van der Waals surface area contributed by atoms with Crippen LogP contribution < -0.4 is 26.6 Å². The van der Waals surface area contributed by atoms with Crippen LogP contribution in [0, 0.1) is 46.3 Å². The molecule has 90 heavy (non-hydrogen) atoms. The summed E-state index contributed by atoms with van der Waals surface area (Å²) in [6, 6.07) is 0. The normalized spacial score (nSPS) is 32.7. The van der Waals surface area contributed by atoms with Crippen molar-refractivity contribution in [3.05, 3.63) is 0 Å². The number of hydrogen-bond donors (Lipinski definition) is 5.